The van der Waals surface area contributed by atoms with Crippen molar-refractivity contribution in [1.82, 2.24) is 10.2 Å². The normalized spacial score (nSPS) is 18.7. The number of carbonyl (C=O) groups excluding carboxylic acids is 2. The van der Waals surface area contributed by atoms with Gasteiger partial charge in [0.2, 0.25) is 5.91 Å². The van der Waals surface area contributed by atoms with E-state index < -0.39 is 0 Å². The van der Waals surface area contributed by atoms with Gasteiger partial charge < -0.3 is 29.5 Å². The van der Waals surface area contributed by atoms with Crippen molar-refractivity contribution < 1.29 is 23.5 Å². The van der Waals surface area contributed by atoms with E-state index in [1.165, 1.54) is 6.07 Å². The molecule has 2 heterocycles. The van der Waals surface area contributed by atoms with Gasteiger partial charge >= 0.3 is 6.03 Å². The summed E-state index contributed by atoms with van der Waals surface area (Å²) in [5.41, 5.74) is 1.25. The third-order valence-electron chi connectivity index (χ3n) is 5.89. The highest BCUT2D eigenvalue weighted by atomic mass is 19.1. The predicted molar refractivity (Wildman–Crippen MR) is 119 cm³/mol. The zero-order valence-corrected chi connectivity index (χ0v) is 18.2. The second kappa shape index (κ2) is 9.33. The first kappa shape index (κ1) is 21.7. The van der Waals surface area contributed by atoms with E-state index in [2.05, 4.69) is 5.32 Å². The Bertz CT molecular complexity index is 994. The van der Waals surface area contributed by atoms with Crippen LogP contribution in [0.15, 0.2) is 42.5 Å². The number of methoxy groups -OCH3 is 2. The molecule has 2 aromatic rings. The van der Waals surface area contributed by atoms with Crippen molar-refractivity contribution in [3.8, 4) is 11.5 Å². The summed E-state index contributed by atoms with van der Waals surface area (Å²) in [6.07, 6.45) is 0.231. The molecule has 32 heavy (non-hydrogen) atoms. The van der Waals surface area contributed by atoms with Crippen LogP contribution in [0.5, 0.6) is 11.5 Å². The van der Waals surface area contributed by atoms with Gasteiger partial charge in [-0.15, -0.1) is 0 Å². The number of rotatable bonds is 5. The fourth-order valence-electron chi connectivity index (χ4n) is 4.17. The molecule has 2 fully saturated rings. The van der Waals surface area contributed by atoms with E-state index in [0.717, 1.165) is 0 Å². The van der Waals surface area contributed by atoms with Crippen LogP contribution in [0.3, 0.4) is 0 Å². The van der Waals surface area contributed by atoms with Gasteiger partial charge in [-0.25, -0.2) is 9.18 Å². The number of hydrogen-bond acceptors (Lipinski definition) is 5. The second-order valence-corrected chi connectivity index (χ2v) is 7.82. The standard InChI is InChI=1S/C23H27FN4O4/c1-31-20-8-7-17(14-21(20)32-2)28-15-16(13-22(28)29)25-23(30)27-11-9-26(10-12-27)19-6-4-3-5-18(19)24/h3-8,14,16H,9-13,15H2,1-2H3,(H,25,30)/t16-/m0/s1. The van der Waals surface area contributed by atoms with Crippen molar-refractivity contribution >= 4 is 23.3 Å². The lowest BCUT2D eigenvalue weighted by Crippen LogP contribution is -2.54. The highest BCUT2D eigenvalue weighted by Gasteiger charge is 2.33. The number of hydrogen-bond donors (Lipinski definition) is 1. The molecule has 0 aliphatic carbocycles. The zero-order chi connectivity index (χ0) is 22.7. The first-order chi connectivity index (χ1) is 15.5. The molecule has 4 rings (SSSR count). The molecule has 0 spiro atoms. The lowest BCUT2D eigenvalue weighted by Gasteiger charge is -2.36. The van der Waals surface area contributed by atoms with Crippen LogP contribution < -0.4 is 24.6 Å². The van der Waals surface area contributed by atoms with Gasteiger partial charge in [0.1, 0.15) is 5.82 Å². The monoisotopic (exact) mass is 442 g/mol. The lowest BCUT2D eigenvalue weighted by atomic mass is 10.2. The fourth-order valence-corrected chi connectivity index (χ4v) is 4.17. The molecule has 0 unspecified atom stereocenters. The van der Waals surface area contributed by atoms with Crippen LogP contribution in [0.25, 0.3) is 0 Å². The van der Waals surface area contributed by atoms with E-state index in [0.29, 0.717) is 55.6 Å². The van der Waals surface area contributed by atoms with Crippen LogP contribution in [-0.2, 0) is 4.79 Å². The van der Waals surface area contributed by atoms with Gasteiger partial charge in [-0.05, 0) is 24.3 Å². The molecular formula is C23H27FN4O4. The Hall–Kier alpha value is -3.49. The highest BCUT2D eigenvalue weighted by molar-refractivity contribution is 5.97. The quantitative estimate of drug-likeness (QED) is 0.770. The number of anilines is 2. The molecule has 0 bridgehead atoms. The first-order valence-corrected chi connectivity index (χ1v) is 10.6. The largest absolute Gasteiger partial charge is 0.493 e. The predicted octanol–water partition coefficient (Wildman–Crippen LogP) is 2.48. The molecule has 1 N–H and O–H groups in total. The minimum atomic E-state index is -0.285. The Morgan fingerprint density at radius 1 is 1.03 bits per heavy atom. The third kappa shape index (κ3) is 4.42. The smallest absolute Gasteiger partial charge is 0.317 e. The molecule has 0 saturated carbocycles. The molecule has 0 aromatic heterocycles. The molecule has 9 heteroatoms. The number of ether oxygens (including phenoxy) is 2. The maximum absolute atomic E-state index is 14.0. The van der Waals surface area contributed by atoms with Crippen LogP contribution in [0, 0.1) is 5.82 Å². The maximum atomic E-state index is 14.0. The average Bonchev–Trinajstić information content (AvgIpc) is 3.18. The van der Waals surface area contributed by atoms with Gasteiger partial charge in [-0.2, -0.15) is 0 Å². The van der Waals surface area contributed by atoms with Gasteiger partial charge in [0.25, 0.3) is 0 Å². The van der Waals surface area contributed by atoms with E-state index in [1.54, 1.807) is 60.4 Å². The SMILES string of the molecule is COc1ccc(N2C[C@@H](NC(=O)N3CCN(c4ccccc4F)CC3)CC2=O)cc1OC. The van der Waals surface area contributed by atoms with Crippen LogP contribution >= 0.6 is 0 Å². The molecule has 170 valence electrons. The molecule has 2 aromatic carbocycles. The van der Waals surface area contributed by atoms with E-state index in [1.807, 2.05) is 4.90 Å². The molecule has 0 radical (unpaired) electrons. The van der Waals surface area contributed by atoms with Crippen molar-refractivity contribution in [1.29, 1.82) is 0 Å². The van der Waals surface area contributed by atoms with E-state index >= 15 is 0 Å². The fraction of sp³-hybridized carbons (Fsp3) is 0.391. The Morgan fingerprint density at radius 3 is 2.44 bits per heavy atom. The molecule has 2 aliphatic rings. The van der Waals surface area contributed by atoms with Crippen molar-refractivity contribution in [2.75, 3.05) is 56.7 Å². The van der Waals surface area contributed by atoms with Crippen LogP contribution in [0.4, 0.5) is 20.6 Å². The summed E-state index contributed by atoms with van der Waals surface area (Å²) in [5.74, 6) is 0.803. The molecule has 3 amide bonds. The van der Waals surface area contributed by atoms with Crippen molar-refractivity contribution in [2.24, 2.45) is 0 Å². The number of nitrogens with one attached hydrogen (secondary N) is 1. The number of amides is 3. The number of urea groups is 1. The van der Waals surface area contributed by atoms with Gasteiger partial charge in [0.15, 0.2) is 11.5 Å². The van der Waals surface area contributed by atoms with Crippen molar-refractivity contribution in [3.05, 3.63) is 48.3 Å². The summed E-state index contributed by atoms with van der Waals surface area (Å²) >= 11 is 0. The molecule has 2 aliphatic heterocycles. The summed E-state index contributed by atoms with van der Waals surface area (Å²) in [4.78, 5) is 30.6. The summed E-state index contributed by atoms with van der Waals surface area (Å²) < 4.78 is 24.6. The van der Waals surface area contributed by atoms with Gasteiger partial charge in [-0.3, -0.25) is 4.79 Å². The van der Waals surface area contributed by atoms with E-state index in [9.17, 15) is 14.0 Å². The summed E-state index contributed by atoms with van der Waals surface area (Å²) in [6, 6.07) is 11.5. The maximum Gasteiger partial charge on any atom is 0.317 e. The number of para-hydroxylation sites is 1. The van der Waals surface area contributed by atoms with Gasteiger partial charge in [0, 0.05) is 50.9 Å². The first-order valence-electron chi connectivity index (χ1n) is 10.6. The molecular weight excluding hydrogens is 415 g/mol. The lowest BCUT2D eigenvalue weighted by molar-refractivity contribution is -0.117. The highest BCUT2D eigenvalue weighted by Crippen LogP contribution is 2.33. The Balaban J connectivity index is 1.33. The van der Waals surface area contributed by atoms with Gasteiger partial charge in [0.05, 0.1) is 25.9 Å². The summed E-state index contributed by atoms with van der Waals surface area (Å²) in [6.45, 7) is 2.46. The zero-order valence-electron chi connectivity index (χ0n) is 18.2. The summed E-state index contributed by atoms with van der Waals surface area (Å²) in [7, 11) is 3.10. The Morgan fingerprint density at radius 2 is 1.75 bits per heavy atom. The van der Waals surface area contributed by atoms with Gasteiger partial charge in [-0.1, -0.05) is 12.1 Å². The molecule has 2 saturated heterocycles. The van der Waals surface area contributed by atoms with Crippen molar-refractivity contribution in [2.45, 2.75) is 12.5 Å². The van der Waals surface area contributed by atoms with E-state index in [4.69, 9.17) is 9.47 Å². The second-order valence-electron chi connectivity index (χ2n) is 7.82. The number of benzene rings is 2. The molecule has 8 nitrogen and oxygen atoms in total. The Kier molecular flexibility index (Phi) is 6.34. The molecule has 1 atom stereocenters. The summed E-state index contributed by atoms with van der Waals surface area (Å²) in [5, 5.41) is 2.97. The Labute approximate surface area is 186 Å². The van der Waals surface area contributed by atoms with Crippen LogP contribution in [0.2, 0.25) is 0 Å². The average molecular weight is 442 g/mol. The number of halogens is 1. The van der Waals surface area contributed by atoms with Crippen LogP contribution in [0.1, 0.15) is 6.42 Å². The van der Waals surface area contributed by atoms with Crippen LogP contribution in [-0.4, -0.2) is 69.8 Å². The third-order valence-corrected chi connectivity index (χ3v) is 5.89. The van der Waals surface area contributed by atoms with E-state index in [-0.39, 0.29) is 30.2 Å². The minimum absolute atomic E-state index is 0.0631. The number of piperazine rings is 1. The topological polar surface area (TPSA) is 74.4 Å². The van der Waals surface area contributed by atoms with Crippen molar-refractivity contribution in [3.63, 3.8) is 0 Å². The number of nitrogens with zero attached hydrogens (tertiary/aromatic N) is 3. The minimum Gasteiger partial charge on any atom is -0.493 e. The number of carbonyl (C=O) groups is 2.